The second-order valence-corrected chi connectivity index (χ2v) is 5.18. The smallest absolute Gasteiger partial charge is 0.0797 e. The molecule has 1 N–H and O–H groups in total. The maximum Gasteiger partial charge on any atom is 0.0797 e. The van der Waals surface area contributed by atoms with Crippen molar-refractivity contribution in [1.29, 1.82) is 0 Å². The molecule has 0 heterocycles. The van der Waals surface area contributed by atoms with Gasteiger partial charge in [-0.3, -0.25) is 0 Å². The van der Waals surface area contributed by atoms with Gasteiger partial charge in [0.25, 0.3) is 0 Å². The van der Waals surface area contributed by atoms with Gasteiger partial charge in [-0.25, -0.2) is 0 Å². The standard InChI is InChI=1S/C16H18BrNO/c1-13(14-7-3-2-4-8-14)19-12-11-18-16-10-6-5-9-15(16)17/h2-10,13,18H,11-12H2,1H3. The topological polar surface area (TPSA) is 21.3 Å². The van der Waals surface area contributed by atoms with E-state index in [1.807, 2.05) is 42.5 Å². The van der Waals surface area contributed by atoms with Crippen molar-refractivity contribution in [2.75, 3.05) is 18.5 Å². The molecule has 0 fully saturated rings. The predicted molar refractivity (Wildman–Crippen MR) is 83.4 cm³/mol. The van der Waals surface area contributed by atoms with Crippen LogP contribution in [0.1, 0.15) is 18.6 Å². The van der Waals surface area contributed by atoms with Gasteiger partial charge in [-0.1, -0.05) is 42.5 Å². The van der Waals surface area contributed by atoms with Crippen molar-refractivity contribution in [3.63, 3.8) is 0 Å². The number of hydrogen-bond donors (Lipinski definition) is 1. The molecule has 0 saturated heterocycles. The third-order valence-electron chi connectivity index (χ3n) is 2.93. The minimum absolute atomic E-state index is 0.127. The molecule has 0 aliphatic rings. The van der Waals surface area contributed by atoms with Crippen LogP contribution in [0.15, 0.2) is 59.1 Å². The monoisotopic (exact) mass is 319 g/mol. The Labute approximate surface area is 122 Å². The highest BCUT2D eigenvalue weighted by Crippen LogP contribution is 2.21. The lowest BCUT2D eigenvalue weighted by atomic mass is 10.1. The first-order valence-corrected chi connectivity index (χ1v) is 7.21. The normalized spacial score (nSPS) is 12.1. The molecule has 0 aliphatic heterocycles. The van der Waals surface area contributed by atoms with Gasteiger partial charge in [-0.2, -0.15) is 0 Å². The number of anilines is 1. The van der Waals surface area contributed by atoms with Crippen LogP contribution in [0.2, 0.25) is 0 Å². The van der Waals surface area contributed by atoms with Crippen LogP contribution in [0.4, 0.5) is 5.69 Å². The van der Waals surface area contributed by atoms with Gasteiger partial charge in [0.2, 0.25) is 0 Å². The first kappa shape index (κ1) is 14.1. The Morgan fingerprint density at radius 2 is 1.74 bits per heavy atom. The van der Waals surface area contributed by atoms with Crippen molar-refractivity contribution >= 4 is 21.6 Å². The summed E-state index contributed by atoms with van der Waals surface area (Å²) in [6, 6.07) is 18.4. The Morgan fingerprint density at radius 1 is 1.05 bits per heavy atom. The first-order chi connectivity index (χ1) is 9.27. The second-order valence-electron chi connectivity index (χ2n) is 4.33. The summed E-state index contributed by atoms with van der Waals surface area (Å²) in [5, 5.41) is 3.35. The molecule has 19 heavy (non-hydrogen) atoms. The van der Waals surface area contributed by atoms with Gasteiger partial charge in [0.05, 0.1) is 12.7 Å². The zero-order valence-electron chi connectivity index (χ0n) is 11.0. The van der Waals surface area contributed by atoms with Crippen molar-refractivity contribution < 1.29 is 4.74 Å². The summed E-state index contributed by atoms with van der Waals surface area (Å²) in [5.74, 6) is 0. The number of benzene rings is 2. The molecule has 1 unspecified atom stereocenters. The van der Waals surface area contributed by atoms with Gasteiger partial charge < -0.3 is 10.1 Å². The van der Waals surface area contributed by atoms with Crippen LogP contribution in [0.5, 0.6) is 0 Å². The van der Waals surface area contributed by atoms with E-state index < -0.39 is 0 Å². The first-order valence-electron chi connectivity index (χ1n) is 6.42. The van der Waals surface area contributed by atoms with Gasteiger partial charge in [-0.15, -0.1) is 0 Å². The number of para-hydroxylation sites is 1. The molecule has 3 heteroatoms. The number of hydrogen-bond acceptors (Lipinski definition) is 2. The molecule has 0 spiro atoms. The lowest BCUT2D eigenvalue weighted by molar-refractivity contribution is 0.0736. The van der Waals surface area contributed by atoms with Crippen LogP contribution in [-0.2, 0) is 4.74 Å². The lowest BCUT2D eigenvalue weighted by Gasteiger charge is -2.14. The maximum atomic E-state index is 5.81. The SMILES string of the molecule is CC(OCCNc1ccccc1Br)c1ccccc1. The van der Waals surface area contributed by atoms with Crippen LogP contribution in [-0.4, -0.2) is 13.2 Å². The molecular weight excluding hydrogens is 302 g/mol. The van der Waals surface area contributed by atoms with Gasteiger partial charge in [0, 0.05) is 16.7 Å². The Balaban J connectivity index is 1.74. The molecule has 0 radical (unpaired) electrons. The summed E-state index contributed by atoms with van der Waals surface area (Å²) < 4.78 is 6.89. The van der Waals surface area contributed by atoms with Crippen molar-refractivity contribution in [2.45, 2.75) is 13.0 Å². The van der Waals surface area contributed by atoms with Crippen LogP contribution in [0, 0.1) is 0 Å². The zero-order valence-corrected chi connectivity index (χ0v) is 12.6. The van der Waals surface area contributed by atoms with Gasteiger partial charge in [-0.05, 0) is 40.5 Å². The summed E-state index contributed by atoms with van der Waals surface area (Å²) >= 11 is 3.51. The maximum absolute atomic E-state index is 5.81. The zero-order chi connectivity index (χ0) is 13.5. The lowest BCUT2D eigenvalue weighted by Crippen LogP contribution is -2.11. The molecule has 0 amide bonds. The molecule has 0 bridgehead atoms. The number of halogens is 1. The summed E-state index contributed by atoms with van der Waals surface area (Å²) in [4.78, 5) is 0. The molecule has 2 nitrogen and oxygen atoms in total. The van der Waals surface area contributed by atoms with Gasteiger partial charge >= 0.3 is 0 Å². The van der Waals surface area contributed by atoms with E-state index in [0.29, 0.717) is 6.61 Å². The highest BCUT2D eigenvalue weighted by molar-refractivity contribution is 9.10. The van der Waals surface area contributed by atoms with Crippen molar-refractivity contribution in [2.24, 2.45) is 0 Å². The van der Waals surface area contributed by atoms with Gasteiger partial charge in [0.15, 0.2) is 0 Å². The minimum Gasteiger partial charge on any atom is -0.382 e. The van der Waals surface area contributed by atoms with Crippen molar-refractivity contribution in [3.05, 3.63) is 64.6 Å². The number of rotatable bonds is 6. The quantitative estimate of drug-likeness (QED) is 0.783. The fourth-order valence-corrected chi connectivity index (χ4v) is 2.27. The Morgan fingerprint density at radius 3 is 2.47 bits per heavy atom. The number of ether oxygens (including phenoxy) is 1. The molecule has 1 atom stereocenters. The third kappa shape index (κ3) is 4.37. The summed E-state index contributed by atoms with van der Waals surface area (Å²) in [6.45, 7) is 3.55. The summed E-state index contributed by atoms with van der Waals surface area (Å²) in [7, 11) is 0. The molecule has 2 aromatic rings. The predicted octanol–water partition coefficient (Wildman–Crippen LogP) is 4.64. The fourth-order valence-electron chi connectivity index (χ4n) is 1.85. The molecule has 0 aliphatic carbocycles. The van der Waals surface area contributed by atoms with Crippen LogP contribution >= 0.6 is 15.9 Å². The molecular formula is C16H18BrNO. The van der Waals surface area contributed by atoms with Crippen LogP contribution in [0.3, 0.4) is 0 Å². The Hall–Kier alpha value is -1.32. The molecule has 0 saturated carbocycles. The van der Waals surface area contributed by atoms with Crippen LogP contribution in [0.25, 0.3) is 0 Å². The fraction of sp³-hybridized carbons (Fsp3) is 0.250. The molecule has 2 aromatic carbocycles. The minimum atomic E-state index is 0.127. The Bertz CT molecular complexity index is 501. The third-order valence-corrected chi connectivity index (χ3v) is 3.62. The molecule has 0 aromatic heterocycles. The van der Waals surface area contributed by atoms with E-state index in [9.17, 15) is 0 Å². The average molecular weight is 320 g/mol. The van der Waals surface area contributed by atoms with E-state index >= 15 is 0 Å². The van der Waals surface area contributed by atoms with Crippen molar-refractivity contribution in [3.8, 4) is 0 Å². The van der Waals surface area contributed by atoms with E-state index in [1.54, 1.807) is 0 Å². The summed E-state index contributed by atoms with van der Waals surface area (Å²) in [5.41, 5.74) is 2.31. The molecule has 2 rings (SSSR count). The Kier molecular flexibility index (Phi) is 5.43. The largest absolute Gasteiger partial charge is 0.382 e. The number of nitrogens with one attached hydrogen (secondary N) is 1. The van der Waals surface area contributed by atoms with E-state index in [0.717, 1.165) is 16.7 Å². The van der Waals surface area contributed by atoms with Crippen LogP contribution < -0.4 is 5.32 Å². The second kappa shape index (κ2) is 7.31. The summed E-state index contributed by atoms with van der Waals surface area (Å²) in [6.07, 6.45) is 0.127. The van der Waals surface area contributed by atoms with E-state index in [-0.39, 0.29) is 6.10 Å². The highest BCUT2D eigenvalue weighted by Gasteiger charge is 2.04. The molecule has 100 valence electrons. The van der Waals surface area contributed by atoms with Gasteiger partial charge in [0.1, 0.15) is 0 Å². The van der Waals surface area contributed by atoms with Crippen molar-refractivity contribution in [1.82, 2.24) is 0 Å². The highest BCUT2D eigenvalue weighted by atomic mass is 79.9. The average Bonchev–Trinajstić information content (AvgIpc) is 2.46. The van der Waals surface area contributed by atoms with E-state index in [1.165, 1.54) is 5.56 Å². The van der Waals surface area contributed by atoms with E-state index in [2.05, 4.69) is 40.3 Å². The van der Waals surface area contributed by atoms with E-state index in [4.69, 9.17) is 4.74 Å².